The number of fused-ring (bicyclic) bond motifs is 1. The first-order valence-corrected chi connectivity index (χ1v) is 10.1. The molecule has 0 radical (unpaired) electrons. The van der Waals surface area contributed by atoms with Crippen LogP contribution in [0, 0.1) is 5.82 Å². The third kappa shape index (κ3) is 4.26. The number of halogens is 4. The fraction of sp³-hybridized carbons (Fsp3) is 0.200. The topological polar surface area (TPSA) is 37.2 Å². The Morgan fingerprint density at radius 1 is 0.969 bits per heavy atom. The van der Waals surface area contributed by atoms with Gasteiger partial charge in [-0.1, -0.05) is 42.5 Å². The molecule has 32 heavy (non-hydrogen) atoms. The van der Waals surface area contributed by atoms with Gasteiger partial charge in [0.05, 0.1) is 17.7 Å². The van der Waals surface area contributed by atoms with Gasteiger partial charge in [0, 0.05) is 29.2 Å². The van der Waals surface area contributed by atoms with Gasteiger partial charge in [-0.3, -0.25) is 0 Å². The minimum Gasteiger partial charge on any atom is -0.389 e. The van der Waals surface area contributed by atoms with E-state index in [2.05, 4.69) is 5.32 Å². The summed E-state index contributed by atoms with van der Waals surface area (Å²) < 4.78 is 54.9. The summed E-state index contributed by atoms with van der Waals surface area (Å²) in [6, 6.07) is 17.9. The number of nitrogens with one attached hydrogen (secondary N) is 1. The smallest absolute Gasteiger partial charge is 0.389 e. The number of para-hydroxylation sites is 1. The summed E-state index contributed by atoms with van der Waals surface area (Å²) in [5.74, 6) is -0.413. The lowest BCUT2D eigenvalue weighted by Crippen LogP contribution is -2.33. The number of alkyl halides is 3. The Balaban J connectivity index is 1.89. The van der Waals surface area contributed by atoms with Gasteiger partial charge in [0.15, 0.2) is 0 Å². The zero-order chi connectivity index (χ0) is 22.9. The second kappa shape index (κ2) is 8.76. The van der Waals surface area contributed by atoms with E-state index in [4.69, 9.17) is 0 Å². The number of nitrogens with zero attached hydrogens (tertiary/aromatic N) is 1. The van der Waals surface area contributed by atoms with Crippen molar-refractivity contribution in [3.05, 3.63) is 95.9 Å². The minimum absolute atomic E-state index is 0.267. The molecule has 4 rings (SSSR count). The van der Waals surface area contributed by atoms with E-state index < -0.39 is 29.7 Å². The highest BCUT2D eigenvalue weighted by atomic mass is 19.4. The van der Waals surface area contributed by atoms with Crippen LogP contribution in [0.3, 0.4) is 0 Å². The van der Waals surface area contributed by atoms with Crippen molar-refractivity contribution in [1.29, 1.82) is 0 Å². The number of rotatable bonds is 6. The molecule has 3 nitrogen and oxygen atoms in total. The standard InChI is InChI=1S/C25H22F4N2O/c1-30-14-23(32)24(17-5-4-6-19(26)13-17)31-15-21(20-7-2-3-8-22(20)31)16-9-11-18(12-10-16)25(27,28)29/h2-13,15,23-24,30,32H,14H2,1H3. The summed E-state index contributed by atoms with van der Waals surface area (Å²) in [5.41, 5.74) is 2.01. The maximum atomic E-state index is 14.0. The van der Waals surface area contributed by atoms with Gasteiger partial charge in [-0.15, -0.1) is 0 Å². The number of likely N-dealkylation sites (N-methyl/N-ethyl adjacent to an activating group) is 1. The van der Waals surface area contributed by atoms with Gasteiger partial charge in [0.2, 0.25) is 0 Å². The molecule has 3 aromatic carbocycles. The first-order chi connectivity index (χ1) is 15.3. The van der Waals surface area contributed by atoms with E-state index in [0.717, 1.165) is 28.6 Å². The molecule has 1 heterocycles. The second-order valence-electron chi connectivity index (χ2n) is 7.67. The molecular formula is C25H22F4N2O. The highest BCUT2D eigenvalue weighted by Crippen LogP contribution is 2.37. The second-order valence-corrected chi connectivity index (χ2v) is 7.67. The van der Waals surface area contributed by atoms with E-state index in [1.807, 2.05) is 35.0 Å². The lowest BCUT2D eigenvalue weighted by Gasteiger charge is -2.26. The molecule has 166 valence electrons. The van der Waals surface area contributed by atoms with Crippen molar-refractivity contribution in [3.8, 4) is 11.1 Å². The Kier molecular flexibility index (Phi) is 6.04. The maximum absolute atomic E-state index is 14.0. The van der Waals surface area contributed by atoms with Crippen molar-refractivity contribution < 1.29 is 22.7 Å². The Hall–Kier alpha value is -3.16. The fourth-order valence-corrected chi connectivity index (χ4v) is 4.08. The highest BCUT2D eigenvalue weighted by molar-refractivity contribution is 5.96. The van der Waals surface area contributed by atoms with Crippen LogP contribution in [-0.2, 0) is 6.18 Å². The van der Waals surface area contributed by atoms with Crippen LogP contribution < -0.4 is 5.32 Å². The predicted octanol–water partition coefficient (Wildman–Crippen LogP) is 5.64. The van der Waals surface area contributed by atoms with E-state index in [0.29, 0.717) is 11.1 Å². The molecule has 0 bridgehead atoms. The molecule has 0 saturated heterocycles. The van der Waals surface area contributed by atoms with Gasteiger partial charge in [-0.2, -0.15) is 13.2 Å². The van der Waals surface area contributed by atoms with E-state index in [1.165, 1.54) is 24.3 Å². The molecule has 1 aromatic heterocycles. The molecule has 0 aliphatic rings. The van der Waals surface area contributed by atoms with Crippen molar-refractivity contribution in [2.45, 2.75) is 18.3 Å². The first kappa shape index (κ1) is 22.0. The average Bonchev–Trinajstić information content (AvgIpc) is 3.13. The maximum Gasteiger partial charge on any atom is 0.416 e. The largest absolute Gasteiger partial charge is 0.416 e. The van der Waals surface area contributed by atoms with E-state index in [-0.39, 0.29) is 6.54 Å². The monoisotopic (exact) mass is 442 g/mol. The van der Waals surface area contributed by atoms with Gasteiger partial charge in [0.1, 0.15) is 5.82 Å². The highest BCUT2D eigenvalue weighted by Gasteiger charge is 2.30. The van der Waals surface area contributed by atoms with Crippen LogP contribution in [0.4, 0.5) is 17.6 Å². The first-order valence-electron chi connectivity index (χ1n) is 10.1. The molecule has 0 aliphatic carbocycles. The summed E-state index contributed by atoms with van der Waals surface area (Å²) in [5, 5.41) is 14.7. The van der Waals surface area contributed by atoms with E-state index in [9.17, 15) is 22.7 Å². The van der Waals surface area contributed by atoms with Crippen LogP contribution in [0.5, 0.6) is 0 Å². The van der Waals surface area contributed by atoms with Crippen LogP contribution in [0.2, 0.25) is 0 Å². The molecule has 0 aliphatic heterocycles. The van der Waals surface area contributed by atoms with Crippen molar-refractivity contribution in [2.75, 3.05) is 13.6 Å². The van der Waals surface area contributed by atoms with Crippen LogP contribution in [-0.4, -0.2) is 29.4 Å². The molecule has 4 aromatic rings. The molecular weight excluding hydrogens is 420 g/mol. The number of benzene rings is 3. The summed E-state index contributed by atoms with van der Waals surface area (Å²) in [4.78, 5) is 0. The number of hydrogen-bond donors (Lipinski definition) is 2. The number of hydrogen-bond acceptors (Lipinski definition) is 2. The number of aliphatic hydroxyl groups is 1. The molecule has 0 amide bonds. The Labute approximate surface area is 182 Å². The summed E-state index contributed by atoms with van der Waals surface area (Å²) in [6.07, 6.45) is -3.48. The van der Waals surface area contributed by atoms with Crippen LogP contribution in [0.25, 0.3) is 22.0 Å². The third-order valence-electron chi connectivity index (χ3n) is 5.53. The quantitative estimate of drug-likeness (QED) is 0.380. The SMILES string of the molecule is CNCC(O)C(c1cccc(F)c1)n1cc(-c2ccc(C(F)(F)F)cc2)c2ccccc21. The van der Waals surface area contributed by atoms with Gasteiger partial charge < -0.3 is 15.0 Å². The Morgan fingerprint density at radius 3 is 2.34 bits per heavy atom. The lowest BCUT2D eigenvalue weighted by molar-refractivity contribution is -0.137. The predicted molar refractivity (Wildman–Crippen MR) is 117 cm³/mol. The fourth-order valence-electron chi connectivity index (χ4n) is 4.08. The molecule has 0 saturated carbocycles. The van der Waals surface area contributed by atoms with Crippen molar-refractivity contribution >= 4 is 10.9 Å². The van der Waals surface area contributed by atoms with Gasteiger partial charge in [-0.05, 0) is 48.5 Å². The molecule has 2 N–H and O–H groups in total. The van der Waals surface area contributed by atoms with Crippen LogP contribution >= 0.6 is 0 Å². The van der Waals surface area contributed by atoms with Gasteiger partial charge in [0.25, 0.3) is 0 Å². The zero-order valence-corrected chi connectivity index (χ0v) is 17.3. The molecule has 2 unspecified atom stereocenters. The van der Waals surface area contributed by atoms with Crippen molar-refractivity contribution in [1.82, 2.24) is 9.88 Å². The Bertz CT molecular complexity index is 1210. The summed E-state index contributed by atoms with van der Waals surface area (Å²) in [6.45, 7) is 0.267. The molecule has 2 atom stereocenters. The van der Waals surface area contributed by atoms with E-state index in [1.54, 1.807) is 19.2 Å². The van der Waals surface area contributed by atoms with E-state index >= 15 is 0 Å². The lowest BCUT2D eigenvalue weighted by atomic mass is 10.0. The normalized spacial score (nSPS) is 13.9. The minimum atomic E-state index is -4.41. The Morgan fingerprint density at radius 2 is 1.69 bits per heavy atom. The van der Waals surface area contributed by atoms with Crippen molar-refractivity contribution in [3.63, 3.8) is 0 Å². The van der Waals surface area contributed by atoms with Crippen LogP contribution in [0.1, 0.15) is 17.2 Å². The number of aliphatic hydroxyl groups excluding tert-OH is 1. The average molecular weight is 442 g/mol. The molecule has 0 spiro atoms. The molecule has 7 heteroatoms. The summed E-state index contributed by atoms with van der Waals surface area (Å²) in [7, 11) is 1.72. The van der Waals surface area contributed by atoms with Gasteiger partial charge >= 0.3 is 6.18 Å². The van der Waals surface area contributed by atoms with Crippen molar-refractivity contribution in [2.24, 2.45) is 0 Å². The third-order valence-corrected chi connectivity index (χ3v) is 5.53. The molecule has 0 fully saturated rings. The van der Waals surface area contributed by atoms with Crippen LogP contribution in [0.15, 0.2) is 79.0 Å². The summed E-state index contributed by atoms with van der Waals surface area (Å²) >= 11 is 0. The van der Waals surface area contributed by atoms with Gasteiger partial charge in [-0.25, -0.2) is 4.39 Å². The zero-order valence-electron chi connectivity index (χ0n) is 17.3. The number of aromatic nitrogens is 1.